The predicted octanol–water partition coefficient (Wildman–Crippen LogP) is 3.09. The molecule has 7 nitrogen and oxygen atoms in total. The molecule has 1 amide bonds. The molecule has 2 heterocycles. The van der Waals surface area contributed by atoms with Crippen molar-refractivity contribution in [2.45, 2.75) is 64.6 Å². The molecule has 2 aromatic rings. The lowest BCUT2D eigenvalue weighted by Crippen LogP contribution is -2.36. The van der Waals surface area contributed by atoms with Gasteiger partial charge in [0, 0.05) is 22.6 Å². The normalized spacial score (nSPS) is 18.9. The highest BCUT2D eigenvalue weighted by atomic mass is 19.4. The maximum absolute atomic E-state index is 13.1. The molecule has 2 atom stereocenters. The average molecular weight is 385 g/mol. The number of halogens is 3. The van der Waals surface area contributed by atoms with E-state index in [9.17, 15) is 18.0 Å². The van der Waals surface area contributed by atoms with Gasteiger partial charge in [-0.05, 0) is 26.2 Å². The summed E-state index contributed by atoms with van der Waals surface area (Å²) in [7, 11) is 0. The van der Waals surface area contributed by atoms with E-state index in [-0.39, 0.29) is 29.2 Å². The van der Waals surface area contributed by atoms with Gasteiger partial charge in [-0.25, -0.2) is 0 Å². The number of hydrogen-bond donors (Lipinski definition) is 2. The number of aromatic amines is 1. The van der Waals surface area contributed by atoms with Crippen LogP contribution in [0.5, 0.6) is 0 Å². The molecule has 0 fully saturated rings. The van der Waals surface area contributed by atoms with E-state index in [1.54, 1.807) is 6.92 Å². The molecule has 0 aliphatic heterocycles. The van der Waals surface area contributed by atoms with Crippen LogP contribution in [0, 0.1) is 5.92 Å². The molecule has 2 N–H and O–H groups in total. The van der Waals surface area contributed by atoms with Crippen molar-refractivity contribution in [3.05, 3.63) is 28.7 Å². The molecule has 2 aromatic heterocycles. The number of aromatic nitrogens is 4. The number of carbonyl (C=O) groups is 1. The monoisotopic (exact) mass is 385 g/mol. The van der Waals surface area contributed by atoms with Gasteiger partial charge in [-0.3, -0.25) is 9.89 Å². The number of H-pyrrole nitrogens is 1. The van der Waals surface area contributed by atoms with Crippen molar-refractivity contribution in [1.29, 1.82) is 0 Å². The molecule has 1 aliphatic carbocycles. The highest BCUT2D eigenvalue weighted by Crippen LogP contribution is 2.36. The minimum Gasteiger partial charge on any atom is -0.344 e. The van der Waals surface area contributed by atoms with Gasteiger partial charge in [0.1, 0.15) is 6.04 Å². The van der Waals surface area contributed by atoms with Gasteiger partial charge in [0.25, 0.3) is 0 Å². The van der Waals surface area contributed by atoms with E-state index in [4.69, 9.17) is 4.52 Å². The number of fused-ring (bicyclic) bond motifs is 1. The topological polar surface area (TPSA) is 96.7 Å². The van der Waals surface area contributed by atoms with E-state index in [1.165, 1.54) is 0 Å². The number of alkyl halides is 3. The van der Waals surface area contributed by atoms with Crippen LogP contribution in [0.25, 0.3) is 0 Å². The Balaban J connectivity index is 1.69. The third kappa shape index (κ3) is 3.98. The molecule has 27 heavy (non-hydrogen) atoms. The summed E-state index contributed by atoms with van der Waals surface area (Å²) < 4.78 is 44.4. The van der Waals surface area contributed by atoms with Crippen LogP contribution in [0.15, 0.2) is 4.52 Å². The van der Waals surface area contributed by atoms with Crippen LogP contribution in [0.4, 0.5) is 13.2 Å². The summed E-state index contributed by atoms with van der Waals surface area (Å²) in [5.41, 5.74) is -0.698. The zero-order valence-corrected chi connectivity index (χ0v) is 15.6. The van der Waals surface area contributed by atoms with Gasteiger partial charge in [-0.15, -0.1) is 0 Å². The Morgan fingerprint density at radius 2 is 2.04 bits per heavy atom. The number of aryl methyl sites for hydroxylation is 1. The van der Waals surface area contributed by atoms with Crippen molar-refractivity contribution in [1.82, 2.24) is 25.7 Å². The van der Waals surface area contributed by atoms with Crippen LogP contribution in [-0.2, 0) is 29.2 Å². The Hall–Kier alpha value is -2.39. The molecule has 0 saturated carbocycles. The lowest BCUT2D eigenvalue weighted by molar-refractivity contribution is -0.142. The smallest absolute Gasteiger partial charge is 0.344 e. The molecule has 0 unspecified atom stereocenters. The largest absolute Gasteiger partial charge is 0.435 e. The number of nitrogens with one attached hydrogen (secondary N) is 2. The molecule has 10 heteroatoms. The van der Waals surface area contributed by atoms with Gasteiger partial charge in [-0.1, -0.05) is 25.9 Å². The van der Waals surface area contributed by atoms with E-state index < -0.39 is 23.8 Å². The first kappa shape index (κ1) is 19.4. The molecule has 3 rings (SSSR count). The minimum absolute atomic E-state index is 0.00367. The second-order valence-corrected chi connectivity index (χ2v) is 7.90. The number of hydrogen-bond acceptors (Lipinski definition) is 5. The van der Waals surface area contributed by atoms with Crippen LogP contribution in [0.2, 0.25) is 0 Å². The molecule has 0 aromatic carbocycles. The molecule has 0 saturated heterocycles. The third-order valence-electron chi connectivity index (χ3n) is 4.63. The number of rotatable bonds is 3. The molecule has 148 valence electrons. The SMILES string of the molecule is C[C@@H](NC(=O)[C@@H]1CCc2[nH]nc(C(F)(F)F)c2C1)c1nc(C(C)(C)C)no1. The molecule has 0 radical (unpaired) electrons. The lowest BCUT2D eigenvalue weighted by Gasteiger charge is -2.23. The van der Waals surface area contributed by atoms with Crippen molar-refractivity contribution in [3.63, 3.8) is 0 Å². The molecular weight excluding hydrogens is 363 g/mol. The fourth-order valence-electron chi connectivity index (χ4n) is 3.06. The summed E-state index contributed by atoms with van der Waals surface area (Å²) in [6.45, 7) is 7.51. The second-order valence-electron chi connectivity index (χ2n) is 7.90. The van der Waals surface area contributed by atoms with Crippen LogP contribution < -0.4 is 5.32 Å². The molecular formula is C17H22F3N5O2. The number of carbonyl (C=O) groups excluding carboxylic acids is 1. The van der Waals surface area contributed by atoms with E-state index in [0.717, 1.165) is 0 Å². The van der Waals surface area contributed by atoms with Gasteiger partial charge >= 0.3 is 6.18 Å². The minimum atomic E-state index is -4.54. The summed E-state index contributed by atoms with van der Waals surface area (Å²) in [6.07, 6.45) is -3.75. The summed E-state index contributed by atoms with van der Waals surface area (Å²) in [6, 6.07) is -0.533. The van der Waals surface area contributed by atoms with Crippen LogP contribution in [-0.4, -0.2) is 26.2 Å². The number of amides is 1. The predicted molar refractivity (Wildman–Crippen MR) is 88.7 cm³/mol. The van der Waals surface area contributed by atoms with E-state index in [0.29, 0.717) is 24.4 Å². The quantitative estimate of drug-likeness (QED) is 0.846. The first-order chi connectivity index (χ1) is 12.5. The Labute approximate surface area is 154 Å². The van der Waals surface area contributed by atoms with Crippen LogP contribution in [0.3, 0.4) is 0 Å². The first-order valence-corrected chi connectivity index (χ1v) is 8.74. The Morgan fingerprint density at radius 1 is 1.33 bits per heavy atom. The van der Waals surface area contributed by atoms with Crippen molar-refractivity contribution in [2.24, 2.45) is 5.92 Å². The molecule has 0 bridgehead atoms. The standard InChI is InChI=1S/C17H22F3N5O2/c1-8(14-22-15(25-27-14)16(2,3)4)21-13(26)9-5-6-11-10(7-9)12(24-23-11)17(18,19)20/h8-9H,5-7H2,1-4H3,(H,21,26)(H,23,24)/t8-,9-/m1/s1. The van der Waals surface area contributed by atoms with Crippen LogP contribution in [0.1, 0.15) is 68.8 Å². The molecule has 1 aliphatic rings. The fourth-order valence-corrected chi connectivity index (χ4v) is 3.06. The fraction of sp³-hybridized carbons (Fsp3) is 0.647. The van der Waals surface area contributed by atoms with E-state index in [1.807, 2.05) is 20.8 Å². The zero-order chi connectivity index (χ0) is 20.0. The van der Waals surface area contributed by atoms with Crippen molar-refractivity contribution in [2.75, 3.05) is 0 Å². The third-order valence-corrected chi connectivity index (χ3v) is 4.63. The lowest BCUT2D eigenvalue weighted by atomic mass is 9.85. The van der Waals surface area contributed by atoms with Gasteiger partial charge in [0.15, 0.2) is 11.5 Å². The van der Waals surface area contributed by atoms with Crippen molar-refractivity contribution in [3.8, 4) is 0 Å². The zero-order valence-electron chi connectivity index (χ0n) is 15.6. The van der Waals surface area contributed by atoms with Crippen molar-refractivity contribution < 1.29 is 22.5 Å². The maximum Gasteiger partial charge on any atom is 0.435 e. The number of nitrogens with zero attached hydrogens (tertiary/aromatic N) is 3. The highest BCUT2D eigenvalue weighted by Gasteiger charge is 2.40. The highest BCUT2D eigenvalue weighted by molar-refractivity contribution is 5.79. The molecule has 0 spiro atoms. The van der Waals surface area contributed by atoms with E-state index in [2.05, 4.69) is 25.7 Å². The maximum atomic E-state index is 13.1. The Morgan fingerprint density at radius 3 is 2.63 bits per heavy atom. The Kier molecular flexibility index (Phi) is 4.77. The summed E-state index contributed by atoms with van der Waals surface area (Å²) >= 11 is 0. The summed E-state index contributed by atoms with van der Waals surface area (Å²) in [5.74, 6) is -0.111. The first-order valence-electron chi connectivity index (χ1n) is 8.74. The van der Waals surface area contributed by atoms with Gasteiger partial charge < -0.3 is 9.84 Å². The summed E-state index contributed by atoms with van der Waals surface area (Å²) in [5, 5.41) is 12.5. The average Bonchev–Trinajstić information content (AvgIpc) is 3.20. The summed E-state index contributed by atoms with van der Waals surface area (Å²) in [4.78, 5) is 16.9. The van der Waals surface area contributed by atoms with Gasteiger partial charge in [0.2, 0.25) is 11.8 Å². The van der Waals surface area contributed by atoms with Gasteiger partial charge in [0.05, 0.1) is 0 Å². The Bertz CT molecular complexity index is 834. The van der Waals surface area contributed by atoms with Crippen molar-refractivity contribution >= 4 is 5.91 Å². The van der Waals surface area contributed by atoms with E-state index >= 15 is 0 Å². The van der Waals surface area contributed by atoms with Gasteiger partial charge in [-0.2, -0.15) is 23.3 Å². The van der Waals surface area contributed by atoms with Crippen LogP contribution >= 0.6 is 0 Å². The second kappa shape index (κ2) is 6.65.